The molecule has 4 N–H and O–H groups in total. The highest BCUT2D eigenvalue weighted by atomic mass is 32.1. The average Bonchev–Trinajstić information content (AvgIpc) is 2.99. The van der Waals surface area contributed by atoms with Crippen LogP contribution in [-0.4, -0.2) is 24.9 Å². The van der Waals surface area contributed by atoms with Crippen LogP contribution in [0.4, 0.5) is 5.69 Å². The second-order valence-electron chi connectivity index (χ2n) is 4.05. The van der Waals surface area contributed by atoms with E-state index in [-0.39, 0.29) is 24.9 Å². The molecule has 2 aromatic rings. The average molecular weight is 289 g/mol. The van der Waals surface area contributed by atoms with E-state index < -0.39 is 0 Å². The maximum atomic E-state index is 11.8. The van der Waals surface area contributed by atoms with E-state index in [1.807, 2.05) is 41.8 Å². The lowest BCUT2D eigenvalue weighted by Crippen LogP contribution is -2.36. The number of anilines is 1. The molecule has 2 amide bonds. The van der Waals surface area contributed by atoms with Crippen molar-refractivity contribution in [1.29, 1.82) is 0 Å². The number of hydrogen-bond donors (Lipinski definition) is 3. The van der Waals surface area contributed by atoms with Gasteiger partial charge in [0, 0.05) is 16.1 Å². The molecule has 0 saturated carbocycles. The van der Waals surface area contributed by atoms with E-state index in [0.717, 1.165) is 16.1 Å². The van der Waals surface area contributed by atoms with E-state index in [1.54, 1.807) is 11.3 Å². The summed E-state index contributed by atoms with van der Waals surface area (Å²) >= 11 is 1.60. The van der Waals surface area contributed by atoms with Crippen molar-refractivity contribution in [3.63, 3.8) is 0 Å². The number of para-hydroxylation sites is 1. The number of hydrogen-bond acceptors (Lipinski definition) is 4. The van der Waals surface area contributed by atoms with Gasteiger partial charge in [0.25, 0.3) is 0 Å². The van der Waals surface area contributed by atoms with Crippen LogP contribution in [0.25, 0.3) is 10.4 Å². The third-order valence-electron chi connectivity index (χ3n) is 2.62. The van der Waals surface area contributed by atoms with E-state index in [4.69, 9.17) is 5.73 Å². The summed E-state index contributed by atoms with van der Waals surface area (Å²) in [7, 11) is 0. The Morgan fingerprint density at radius 2 is 1.90 bits per heavy atom. The second-order valence-corrected chi connectivity index (χ2v) is 5.00. The minimum absolute atomic E-state index is 0.0885. The zero-order valence-corrected chi connectivity index (χ0v) is 11.6. The van der Waals surface area contributed by atoms with Gasteiger partial charge in [-0.3, -0.25) is 9.59 Å². The summed E-state index contributed by atoms with van der Waals surface area (Å²) in [5.74, 6) is -0.637. The van der Waals surface area contributed by atoms with Crippen molar-refractivity contribution < 1.29 is 9.59 Å². The van der Waals surface area contributed by atoms with Crippen LogP contribution in [0.3, 0.4) is 0 Å². The molecule has 104 valence electrons. The zero-order valence-electron chi connectivity index (χ0n) is 10.8. The van der Waals surface area contributed by atoms with Gasteiger partial charge >= 0.3 is 0 Å². The maximum absolute atomic E-state index is 11.8. The summed E-state index contributed by atoms with van der Waals surface area (Å²) in [5.41, 5.74) is 6.84. The van der Waals surface area contributed by atoms with Gasteiger partial charge in [-0.1, -0.05) is 24.3 Å². The number of rotatable bonds is 5. The first-order chi connectivity index (χ1) is 9.70. The summed E-state index contributed by atoms with van der Waals surface area (Å²) < 4.78 is 0. The van der Waals surface area contributed by atoms with Gasteiger partial charge < -0.3 is 16.4 Å². The molecular formula is C14H15N3O2S. The fraction of sp³-hybridized carbons (Fsp3) is 0.143. The van der Waals surface area contributed by atoms with E-state index in [9.17, 15) is 9.59 Å². The summed E-state index contributed by atoms with van der Waals surface area (Å²) in [6.07, 6.45) is 0. The number of thiophene rings is 1. The van der Waals surface area contributed by atoms with Crippen molar-refractivity contribution in [3.8, 4) is 10.4 Å². The lowest BCUT2D eigenvalue weighted by Gasteiger charge is -2.10. The predicted molar refractivity (Wildman–Crippen MR) is 80.4 cm³/mol. The highest BCUT2D eigenvalue weighted by Crippen LogP contribution is 2.31. The van der Waals surface area contributed by atoms with Gasteiger partial charge in [-0.25, -0.2) is 0 Å². The van der Waals surface area contributed by atoms with Crippen molar-refractivity contribution in [2.24, 2.45) is 5.73 Å². The van der Waals surface area contributed by atoms with Gasteiger partial charge in [-0.15, -0.1) is 11.3 Å². The predicted octanol–water partition coefficient (Wildman–Crippen LogP) is 1.43. The summed E-state index contributed by atoms with van der Waals surface area (Å²) in [6.45, 7) is -0.214. The second kappa shape index (κ2) is 6.83. The number of nitrogens with two attached hydrogens (primary N) is 1. The first-order valence-corrected chi connectivity index (χ1v) is 6.98. The fourth-order valence-electron chi connectivity index (χ4n) is 1.68. The zero-order chi connectivity index (χ0) is 14.4. The quantitative estimate of drug-likeness (QED) is 0.778. The Balaban J connectivity index is 2.06. The molecular weight excluding hydrogens is 274 g/mol. The minimum atomic E-state index is -0.355. The third-order valence-corrected chi connectivity index (χ3v) is 3.52. The molecule has 0 spiro atoms. The normalized spacial score (nSPS) is 10.1. The largest absolute Gasteiger partial charge is 0.346 e. The van der Waals surface area contributed by atoms with E-state index in [2.05, 4.69) is 10.6 Å². The highest BCUT2D eigenvalue weighted by Gasteiger charge is 2.09. The monoisotopic (exact) mass is 289 g/mol. The molecule has 5 nitrogen and oxygen atoms in total. The molecule has 0 aliphatic carbocycles. The lowest BCUT2D eigenvalue weighted by molar-refractivity contribution is -0.123. The maximum Gasteiger partial charge on any atom is 0.243 e. The topological polar surface area (TPSA) is 84.2 Å². The lowest BCUT2D eigenvalue weighted by atomic mass is 10.1. The molecule has 2 rings (SSSR count). The van der Waals surface area contributed by atoms with Crippen LogP contribution in [-0.2, 0) is 9.59 Å². The molecule has 0 bridgehead atoms. The van der Waals surface area contributed by atoms with Crippen molar-refractivity contribution in [1.82, 2.24) is 5.32 Å². The van der Waals surface area contributed by atoms with Crippen LogP contribution < -0.4 is 16.4 Å². The van der Waals surface area contributed by atoms with Gasteiger partial charge in [0.05, 0.1) is 13.1 Å². The third kappa shape index (κ3) is 3.66. The van der Waals surface area contributed by atoms with Gasteiger partial charge in [0.15, 0.2) is 0 Å². The molecule has 0 saturated heterocycles. The van der Waals surface area contributed by atoms with Crippen LogP contribution in [0.1, 0.15) is 0 Å². The number of carbonyl (C=O) groups is 2. The summed E-state index contributed by atoms with van der Waals surface area (Å²) in [6, 6.07) is 11.5. The molecule has 0 aliphatic heterocycles. The van der Waals surface area contributed by atoms with Crippen molar-refractivity contribution in [2.45, 2.75) is 0 Å². The minimum Gasteiger partial charge on any atom is -0.346 e. The van der Waals surface area contributed by atoms with Crippen LogP contribution >= 0.6 is 11.3 Å². The number of nitrogens with one attached hydrogen (secondary N) is 2. The molecule has 1 heterocycles. The van der Waals surface area contributed by atoms with E-state index in [0.29, 0.717) is 0 Å². The molecule has 0 unspecified atom stereocenters. The van der Waals surface area contributed by atoms with Gasteiger partial charge in [0.1, 0.15) is 0 Å². The molecule has 1 aromatic carbocycles. The SMILES string of the molecule is NCC(=O)NCC(=O)Nc1ccccc1-c1cccs1. The van der Waals surface area contributed by atoms with Crippen LogP contribution in [0.5, 0.6) is 0 Å². The Labute approximate surface area is 120 Å². The van der Waals surface area contributed by atoms with Crippen molar-refractivity contribution in [2.75, 3.05) is 18.4 Å². The molecule has 1 aromatic heterocycles. The van der Waals surface area contributed by atoms with Gasteiger partial charge in [-0.2, -0.15) is 0 Å². The summed E-state index contributed by atoms with van der Waals surface area (Å²) in [5, 5.41) is 7.21. The Morgan fingerprint density at radius 1 is 1.10 bits per heavy atom. The highest BCUT2D eigenvalue weighted by molar-refractivity contribution is 7.13. The molecule has 0 aliphatic rings. The van der Waals surface area contributed by atoms with Crippen molar-refractivity contribution >= 4 is 28.8 Å². The van der Waals surface area contributed by atoms with Crippen LogP contribution in [0.15, 0.2) is 41.8 Å². The fourth-order valence-corrected chi connectivity index (χ4v) is 2.45. The van der Waals surface area contributed by atoms with Gasteiger partial charge in [-0.05, 0) is 17.5 Å². The summed E-state index contributed by atoms with van der Waals surface area (Å²) in [4.78, 5) is 23.9. The first kappa shape index (κ1) is 14.2. The standard InChI is InChI=1S/C14H15N3O2S/c15-8-13(18)16-9-14(19)17-11-5-2-1-4-10(11)12-6-3-7-20-12/h1-7H,8-9,15H2,(H,16,18)(H,17,19). The number of carbonyl (C=O) groups excluding carboxylic acids is 2. The van der Waals surface area contributed by atoms with E-state index >= 15 is 0 Å². The molecule has 0 fully saturated rings. The van der Waals surface area contributed by atoms with Crippen LogP contribution in [0.2, 0.25) is 0 Å². The number of amides is 2. The Bertz CT molecular complexity index is 596. The Morgan fingerprint density at radius 3 is 2.60 bits per heavy atom. The molecule has 0 radical (unpaired) electrons. The molecule has 6 heteroatoms. The van der Waals surface area contributed by atoms with E-state index in [1.165, 1.54) is 0 Å². The van der Waals surface area contributed by atoms with Crippen molar-refractivity contribution in [3.05, 3.63) is 41.8 Å². The molecule has 0 atom stereocenters. The first-order valence-electron chi connectivity index (χ1n) is 6.10. The Kier molecular flexibility index (Phi) is 4.86. The molecule has 20 heavy (non-hydrogen) atoms. The van der Waals surface area contributed by atoms with Gasteiger partial charge in [0.2, 0.25) is 11.8 Å². The number of benzene rings is 1. The Hall–Kier alpha value is -2.18. The van der Waals surface area contributed by atoms with Crippen LogP contribution in [0, 0.1) is 0 Å². The smallest absolute Gasteiger partial charge is 0.243 e.